The highest BCUT2D eigenvalue weighted by Crippen LogP contribution is 2.59. The molecule has 0 amide bonds. The lowest BCUT2D eigenvalue weighted by Crippen LogP contribution is -2.34. The van der Waals surface area contributed by atoms with Crippen LogP contribution in [0.3, 0.4) is 0 Å². The molecule has 28 heavy (non-hydrogen) atoms. The number of phenolic OH excluding ortho intramolecular Hbond substituents is 2. The number of esters is 1. The van der Waals surface area contributed by atoms with Gasteiger partial charge in [0.15, 0.2) is 11.2 Å². The molecular weight excluding hydrogens is 387 g/mol. The summed E-state index contributed by atoms with van der Waals surface area (Å²) in [6.07, 6.45) is 0. The Bertz CT molecular complexity index is 1160. The number of hydrogen-bond acceptors (Lipinski definition) is 5. The average Bonchev–Trinajstić information content (AvgIpc) is 2.94. The van der Waals surface area contributed by atoms with Gasteiger partial charge in [0.2, 0.25) is 0 Å². The van der Waals surface area contributed by atoms with Crippen LogP contribution < -0.4 is 4.74 Å². The van der Waals surface area contributed by atoms with Gasteiger partial charge in [0.25, 0.3) is 0 Å². The van der Waals surface area contributed by atoms with Gasteiger partial charge in [-0.25, -0.2) is 9.18 Å². The van der Waals surface area contributed by atoms with Crippen molar-refractivity contribution in [3.05, 3.63) is 82.4 Å². The van der Waals surface area contributed by atoms with Crippen molar-refractivity contribution in [3.63, 3.8) is 0 Å². The van der Waals surface area contributed by atoms with Crippen LogP contribution in [0.1, 0.15) is 38.2 Å². The monoisotopic (exact) mass is 398 g/mol. The van der Waals surface area contributed by atoms with Gasteiger partial charge in [0.1, 0.15) is 23.0 Å². The van der Waals surface area contributed by atoms with Gasteiger partial charge in [0.05, 0.1) is 11.1 Å². The number of halogens is 2. The van der Waals surface area contributed by atoms with E-state index < -0.39 is 17.2 Å². The molecule has 0 saturated carbocycles. The average molecular weight is 399 g/mol. The zero-order chi connectivity index (χ0) is 19.6. The maximum atomic E-state index is 14.4. The molecule has 1 spiro atoms. The summed E-state index contributed by atoms with van der Waals surface area (Å²) < 4.78 is 26.1. The number of hydrogen-bond donors (Lipinski definition) is 2. The molecule has 0 bridgehead atoms. The van der Waals surface area contributed by atoms with Crippen LogP contribution in [0.5, 0.6) is 23.0 Å². The van der Waals surface area contributed by atoms with Gasteiger partial charge in [-0.05, 0) is 24.3 Å². The Kier molecular flexibility index (Phi) is 3.39. The van der Waals surface area contributed by atoms with Crippen LogP contribution in [-0.4, -0.2) is 16.2 Å². The second-order valence-corrected chi connectivity index (χ2v) is 6.99. The fourth-order valence-electron chi connectivity index (χ4n) is 3.99. The number of carbonyl (C=O) groups is 1. The minimum absolute atomic E-state index is 0.0592. The highest BCUT2D eigenvalue weighted by Gasteiger charge is 2.55. The fourth-order valence-corrected chi connectivity index (χ4v) is 4.17. The van der Waals surface area contributed by atoms with E-state index in [1.807, 2.05) is 0 Å². The van der Waals surface area contributed by atoms with Gasteiger partial charge in [-0.2, -0.15) is 0 Å². The number of carbonyl (C=O) groups excluding carboxylic acids is 1. The minimum Gasteiger partial charge on any atom is -0.508 e. The smallest absolute Gasteiger partial charge is 0.340 e. The minimum atomic E-state index is -1.98. The summed E-state index contributed by atoms with van der Waals surface area (Å²) in [6.45, 7) is 0. The predicted octanol–water partition coefficient (Wildman–Crippen LogP) is 4.87. The van der Waals surface area contributed by atoms with Gasteiger partial charge >= 0.3 is 5.97 Å². The zero-order valence-electron chi connectivity index (χ0n) is 14.1. The summed E-state index contributed by atoms with van der Waals surface area (Å²) in [5.74, 6) is -0.588. The molecule has 5 rings (SSSR count). The largest absolute Gasteiger partial charge is 0.508 e. The third-order valence-corrected chi connectivity index (χ3v) is 5.28. The predicted molar refractivity (Wildman–Crippen MR) is 97.7 cm³/mol. The molecule has 0 fully saturated rings. The van der Waals surface area contributed by atoms with E-state index in [0.29, 0.717) is 16.7 Å². The second kappa shape index (κ2) is 5.62. The molecular formula is C21H12ClFO5. The highest BCUT2D eigenvalue weighted by molar-refractivity contribution is 6.20. The van der Waals surface area contributed by atoms with Crippen LogP contribution in [-0.2, 0) is 10.3 Å². The van der Waals surface area contributed by atoms with E-state index >= 15 is 0 Å². The molecule has 0 radical (unpaired) electrons. The number of alkyl halides is 2. The van der Waals surface area contributed by atoms with E-state index in [0.717, 1.165) is 0 Å². The van der Waals surface area contributed by atoms with Crippen LogP contribution in [0.25, 0.3) is 0 Å². The molecule has 0 saturated heterocycles. The molecule has 0 aliphatic carbocycles. The quantitative estimate of drug-likeness (QED) is 0.451. The maximum Gasteiger partial charge on any atom is 0.340 e. The SMILES string of the molecule is O=C1OC2(c3ccc(O)cc3Oc3cc(O)cc(C(F)Cl)c32)c2ccccc21. The van der Waals surface area contributed by atoms with Gasteiger partial charge in [-0.1, -0.05) is 29.8 Å². The molecule has 7 heteroatoms. The van der Waals surface area contributed by atoms with Crippen molar-refractivity contribution < 1.29 is 28.9 Å². The van der Waals surface area contributed by atoms with Crippen molar-refractivity contribution in [1.29, 1.82) is 0 Å². The van der Waals surface area contributed by atoms with Crippen molar-refractivity contribution in [1.82, 2.24) is 0 Å². The first-order valence-corrected chi connectivity index (χ1v) is 8.85. The molecule has 2 aliphatic rings. The lowest BCUT2D eigenvalue weighted by atomic mass is 9.76. The van der Waals surface area contributed by atoms with Crippen LogP contribution in [0.4, 0.5) is 4.39 Å². The lowest BCUT2D eigenvalue weighted by Gasteiger charge is -2.38. The first kappa shape index (κ1) is 16.9. The zero-order valence-corrected chi connectivity index (χ0v) is 14.9. The Morgan fingerprint density at radius 3 is 2.50 bits per heavy atom. The van der Waals surface area contributed by atoms with Gasteiger partial charge < -0.3 is 19.7 Å². The number of fused-ring (bicyclic) bond motifs is 6. The van der Waals surface area contributed by atoms with Crippen molar-refractivity contribution in [3.8, 4) is 23.0 Å². The van der Waals surface area contributed by atoms with Gasteiger partial charge in [-0.15, -0.1) is 0 Å². The van der Waals surface area contributed by atoms with E-state index in [1.165, 1.54) is 24.3 Å². The molecule has 2 N–H and O–H groups in total. The summed E-state index contributed by atoms with van der Waals surface area (Å²) in [4.78, 5) is 12.7. The number of rotatable bonds is 1. The standard InChI is InChI=1S/C21H12ClFO5/c22-19(23)13-7-11(25)9-17-18(13)21(15-6-5-10(24)8-16(15)27-17)14-4-2-1-3-12(14)20(26)28-21/h1-9,19,24-25H. The molecule has 2 unspecified atom stereocenters. The number of ether oxygens (including phenoxy) is 2. The lowest BCUT2D eigenvalue weighted by molar-refractivity contribution is 0.0219. The summed E-state index contributed by atoms with van der Waals surface area (Å²) in [6, 6.07) is 13.6. The van der Waals surface area contributed by atoms with Crippen LogP contribution in [0.15, 0.2) is 54.6 Å². The number of aromatic hydroxyl groups is 2. The van der Waals surface area contributed by atoms with Crippen molar-refractivity contribution in [2.45, 2.75) is 11.2 Å². The normalized spacial score (nSPS) is 20.0. The Morgan fingerprint density at radius 2 is 1.71 bits per heavy atom. The highest BCUT2D eigenvalue weighted by atomic mass is 35.5. The first-order chi connectivity index (χ1) is 13.4. The summed E-state index contributed by atoms with van der Waals surface area (Å²) in [5, 5.41) is 19.9. The third-order valence-electron chi connectivity index (χ3n) is 5.04. The van der Waals surface area contributed by atoms with E-state index in [4.69, 9.17) is 21.1 Å². The van der Waals surface area contributed by atoms with Crippen molar-refractivity contribution in [2.75, 3.05) is 0 Å². The Balaban J connectivity index is 1.95. The van der Waals surface area contributed by atoms with Crippen molar-refractivity contribution in [2.24, 2.45) is 0 Å². The van der Waals surface area contributed by atoms with E-state index in [-0.39, 0.29) is 34.1 Å². The molecule has 0 aromatic heterocycles. The molecule has 3 aromatic rings. The van der Waals surface area contributed by atoms with Gasteiger partial charge in [0, 0.05) is 28.8 Å². The van der Waals surface area contributed by atoms with Crippen molar-refractivity contribution >= 4 is 17.6 Å². The van der Waals surface area contributed by atoms with E-state index in [1.54, 1.807) is 30.3 Å². The molecule has 3 aromatic carbocycles. The van der Waals surface area contributed by atoms with E-state index in [9.17, 15) is 19.4 Å². The molecule has 5 nitrogen and oxygen atoms in total. The third kappa shape index (κ3) is 2.09. The van der Waals surface area contributed by atoms with Gasteiger partial charge in [-0.3, -0.25) is 0 Å². The first-order valence-electron chi connectivity index (χ1n) is 8.41. The van der Waals surface area contributed by atoms with Crippen LogP contribution in [0, 0.1) is 0 Å². The molecule has 2 heterocycles. The Hall–Kier alpha value is -3.25. The fraction of sp³-hybridized carbons (Fsp3) is 0.0952. The summed E-state index contributed by atoms with van der Waals surface area (Å²) in [7, 11) is 0. The molecule has 2 atom stereocenters. The molecule has 2 aliphatic heterocycles. The number of benzene rings is 3. The van der Waals surface area contributed by atoms with E-state index in [2.05, 4.69) is 0 Å². The molecule has 140 valence electrons. The van der Waals surface area contributed by atoms with Crippen LogP contribution in [0.2, 0.25) is 0 Å². The topological polar surface area (TPSA) is 76.0 Å². The summed E-state index contributed by atoms with van der Waals surface area (Å²) >= 11 is 5.78. The summed E-state index contributed by atoms with van der Waals surface area (Å²) in [5.41, 5.74) is -2.12. The van der Waals surface area contributed by atoms with Crippen LogP contribution >= 0.6 is 11.6 Å². The Labute approximate surface area is 163 Å². The number of phenols is 2. The maximum absolute atomic E-state index is 14.4. The Morgan fingerprint density at radius 1 is 0.964 bits per heavy atom. The second-order valence-electron chi connectivity index (χ2n) is 6.61.